The molecule has 0 aliphatic rings. The molecule has 0 aliphatic carbocycles. The van der Waals surface area contributed by atoms with Gasteiger partial charge in [0.1, 0.15) is 0 Å². The Morgan fingerprint density at radius 2 is 1.78 bits per heavy atom. The second-order valence-corrected chi connectivity index (χ2v) is 5.74. The Labute approximate surface area is 110 Å². The molecule has 0 spiro atoms. The van der Waals surface area contributed by atoms with Gasteiger partial charge >= 0.3 is 5.97 Å². The summed E-state index contributed by atoms with van der Waals surface area (Å²) in [7, 11) is 0. The van der Waals surface area contributed by atoms with Crippen LogP contribution in [0.4, 0.5) is 0 Å². The zero-order valence-corrected chi connectivity index (χ0v) is 11.9. The van der Waals surface area contributed by atoms with Crippen molar-refractivity contribution in [3.63, 3.8) is 0 Å². The fraction of sp³-hybridized carbons (Fsp3) is 0.923. The van der Waals surface area contributed by atoms with Crippen LogP contribution in [0.2, 0.25) is 0 Å². The highest BCUT2D eigenvalue weighted by atomic mass is 16.5. The Bertz CT molecular complexity index is 238. The molecule has 0 heterocycles. The summed E-state index contributed by atoms with van der Waals surface area (Å²) in [6.07, 6.45) is -0.546. The molecule has 0 fully saturated rings. The molecule has 2 atom stereocenters. The third kappa shape index (κ3) is 10.5. The maximum Gasteiger partial charge on any atom is 0.308 e. The van der Waals surface area contributed by atoms with Gasteiger partial charge in [-0.05, 0) is 18.8 Å². The number of nitrogens with one attached hydrogen (secondary N) is 1. The standard InChI is InChI=1S/C13H27NO4/c1-5-18-12(17)6-10(15)8-14-9-11(16)7-13(2,3)4/h10-11,14-16H,5-9H2,1-4H3. The van der Waals surface area contributed by atoms with E-state index in [0.29, 0.717) is 19.6 Å². The molecular weight excluding hydrogens is 234 g/mol. The van der Waals surface area contributed by atoms with Gasteiger partial charge in [0, 0.05) is 13.1 Å². The van der Waals surface area contributed by atoms with E-state index in [2.05, 4.69) is 26.1 Å². The van der Waals surface area contributed by atoms with E-state index in [-0.39, 0.29) is 18.4 Å². The van der Waals surface area contributed by atoms with Crippen LogP contribution in [0.15, 0.2) is 0 Å². The van der Waals surface area contributed by atoms with Crippen LogP contribution in [0.5, 0.6) is 0 Å². The smallest absolute Gasteiger partial charge is 0.308 e. The van der Waals surface area contributed by atoms with E-state index in [1.165, 1.54) is 0 Å². The fourth-order valence-corrected chi connectivity index (χ4v) is 1.68. The lowest BCUT2D eigenvalue weighted by molar-refractivity contribution is -0.145. The summed E-state index contributed by atoms with van der Waals surface area (Å²) in [6.45, 7) is 8.93. The van der Waals surface area contributed by atoms with Crippen molar-refractivity contribution >= 4 is 5.97 Å². The number of carbonyl (C=O) groups is 1. The van der Waals surface area contributed by atoms with Crippen LogP contribution >= 0.6 is 0 Å². The summed E-state index contributed by atoms with van der Waals surface area (Å²) in [5.74, 6) is -0.401. The number of aliphatic hydroxyl groups excluding tert-OH is 2. The van der Waals surface area contributed by atoms with E-state index in [0.717, 1.165) is 0 Å². The molecule has 2 unspecified atom stereocenters. The van der Waals surface area contributed by atoms with Crippen LogP contribution < -0.4 is 5.32 Å². The molecule has 0 radical (unpaired) electrons. The molecule has 0 aromatic heterocycles. The number of hydrogen-bond acceptors (Lipinski definition) is 5. The quantitative estimate of drug-likeness (QED) is 0.560. The van der Waals surface area contributed by atoms with Crippen molar-refractivity contribution < 1.29 is 19.7 Å². The fourth-order valence-electron chi connectivity index (χ4n) is 1.68. The van der Waals surface area contributed by atoms with Crippen LogP contribution in [-0.4, -0.2) is 48.1 Å². The number of aliphatic hydroxyl groups is 2. The molecule has 0 aromatic carbocycles. The monoisotopic (exact) mass is 261 g/mol. The van der Waals surface area contributed by atoms with Gasteiger partial charge < -0.3 is 20.3 Å². The summed E-state index contributed by atoms with van der Waals surface area (Å²) in [5, 5.41) is 22.2. The lowest BCUT2D eigenvalue weighted by Gasteiger charge is -2.22. The minimum Gasteiger partial charge on any atom is -0.466 e. The number of esters is 1. The molecule has 0 bridgehead atoms. The zero-order valence-electron chi connectivity index (χ0n) is 11.9. The van der Waals surface area contributed by atoms with E-state index in [4.69, 9.17) is 4.74 Å². The SMILES string of the molecule is CCOC(=O)CC(O)CNCC(O)CC(C)(C)C. The lowest BCUT2D eigenvalue weighted by Crippen LogP contribution is -2.35. The van der Waals surface area contributed by atoms with Crippen molar-refractivity contribution in [2.24, 2.45) is 5.41 Å². The van der Waals surface area contributed by atoms with Gasteiger partial charge in [0.05, 0.1) is 25.2 Å². The molecule has 0 aromatic rings. The summed E-state index contributed by atoms with van der Waals surface area (Å²) < 4.78 is 4.73. The minimum atomic E-state index is -0.772. The van der Waals surface area contributed by atoms with Gasteiger partial charge in [-0.1, -0.05) is 20.8 Å². The molecule has 5 heteroatoms. The Morgan fingerprint density at radius 3 is 2.28 bits per heavy atom. The molecule has 0 saturated heterocycles. The molecule has 108 valence electrons. The molecule has 0 saturated carbocycles. The number of hydrogen-bond donors (Lipinski definition) is 3. The van der Waals surface area contributed by atoms with Crippen LogP contribution in [-0.2, 0) is 9.53 Å². The van der Waals surface area contributed by atoms with E-state index >= 15 is 0 Å². The van der Waals surface area contributed by atoms with Crippen molar-refractivity contribution in [2.75, 3.05) is 19.7 Å². The Balaban J connectivity index is 3.67. The first-order valence-corrected chi connectivity index (χ1v) is 6.47. The number of carbonyl (C=O) groups excluding carboxylic acids is 1. The van der Waals surface area contributed by atoms with Crippen molar-refractivity contribution in [1.82, 2.24) is 5.32 Å². The van der Waals surface area contributed by atoms with E-state index < -0.39 is 18.2 Å². The van der Waals surface area contributed by atoms with Crippen molar-refractivity contribution in [1.29, 1.82) is 0 Å². The highest BCUT2D eigenvalue weighted by molar-refractivity contribution is 5.69. The van der Waals surface area contributed by atoms with Gasteiger partial charge in [0.2, 0.25) is 0 Å². The summed E-state index contributed by atoms with van der Waals surface area (Å²) in [5.41, 5.74) is 0.0741. The van der Waals surface area contributed by atoms with Gasteiger partial charge in [-0.15, -0.1) is 0 Å². The summed E-state index contributed by atoms with van der Waals surface area (Å²) >= 11 is 0. The summed E-state index contributed by atoms with van der Waals surface area (Å²) in [4.78, 5) is 11.1. The molecule has 18 heavy (non-hydrogen) atoms. The van der Waals surface area contributed by atoms with Crippen LogP contribution in [0, 0.1) is 5.41 Å². The van der Waals surface area contributed by atoms with Crippen LogP contribution in [0.25, 0.3) is 0 Å². The minimum absolute atomic E-state index is 0.0177. The predicted molar refractivity (Wildman–Crippen MR) is 70.2 cm³/mol. The summed E-state index contributed by atoms with van der Waals surface area (Å²) in [6, 6.07) is 0. The van der Waals surface area contributed by atoms with Gasteiger partial charge in [-0.2, -0.15) is 0 Å². The second-order valence-electron chi connectivity index (χ2n) is 5.74. The van der Waals surface area contributed by atoms with Crippen molar-refractivity contribution in [3.05, 3.63) is 0 Å². The first kappa shape index (κ1) is 17.4. The Kier molecular flexibility index (Phi) is 8.15. The van der Waals surface area contributed by atoms with Gasteiger partial charge in [-0.25, -0.2) is 0 Å². The van der Waals surface area contributed by atoms with Crippen LogP contribution in [0.3, 0.4) is 0 Å². The average molecular weight is 261 g/mol. The van der Waals surface area contributed by atoms with Crippen LogP contribution in [0.1, 0.15) is 40.5 Å². The molecule has 0 aliphatic heterocycles. The Morgan fingerprint density at radius 1 is 1.22 bits per heavy atom. The first-order chi connectivity index (χ1) is 8.24. The lowest BCUT2D eigenvalue weighted by atomic mass is 9.89. The highest BCUT2D eigenvalue weighted by Gasteiger charge is 2.17. The van der Waals surface area contributed by atoms with E-state index in [1.54, 1.807) is 6.92 Å². The van der Waals surface area contributed by atoms with E-state index in [9.17, 15) is 15.0 Å². The van der Waals surface area contributed by atoms with Gasteiger partial charge in [0.15, 0.2) is 0 Å². The largest absolute Gasteiger partial charge is 0.466 e. The van der Waals surface area contributed by atoms with Crippen molar-refractivity contribution in [2.45, 2.75) is 52.7 Å². The molecular formula is C13H27NO4. The zero-order chi connectivity index (χ0) is 14.2. The second kappa shape index (κ2) is 8.45. The molecule has 5 nitrogen and oxygen atoms in total. The van der Waals surface area contributed by atoms with E-state index in [1.807, 2.05) is 0 Å². The number of rotatable bonds is 8. The number of ether oxygens (including phenoxy) is 1. The first-order valence-electron chi connectivity index (χ1n) is 6.47. The third-order valence-electron chi connectivity index (χ3n) is 2.32. The normalized spacial score (nSPS) is 15.2. The topological polar surface area (TPSA) is 78.8 Å². The van der Waals surface area contributed by atoms with Gasteiger partial charge in [-0.3, -0.25) is 4.79 Å². The molecule has 0 amide bonds. The maximum absolute atomic E-state index is 11.1. The third-order valence-corrected chi connectivity index (χ3v) is 2.32. The highest BCUT2D eigenvalue weighted by Crippen LogP contribution is 2.20. The predicted octanol–water partition coefficient (Wildman–Crippen LogP) is 0.687. The Hall–Kier alpha value is -0.650. The maximum atomic E-state index is 11.1. The van der Waals surface area contributed by atoms with Crippen molar-refractivity contribution in [3.8, 4) is 0 Å². The average Bonchev–Trinajstić information content (AvgIpc) is 2.14. The molecule has 0 rings (SSSR count). The van der Waals surface area contributed by atoms with Gasteiger partial charge in [0.25, 0.3) is 0 Å². The molecule has 3 N–H and O–H groups in total.